The van der Waals surface area contributed by atoms with E-state index in [-0.39, 0.29) is 16.7 Å². The van der Waals surface area contributed by atoms with E-state index in [1.807, 2.05) is 12.3 Å². The van der Waals surface area contributed by atoms with E-state index in [0.29, 0.717) is 12.8 Å². The van der Waals surface area contributed by atoms with Crippen LogP contribution in [0.4, 0.5) is 0 Å². The number of hydrogen-bond acceptors (Lipinski definition) is 5. The minimum atomic E-state index is -0.155. The summed E-state index contributed by atoms with van der Waals surface area (Å²) in [5.41, 5.74) is 4.16. The molecule has 1 aromatic rings. The number of piperazine rings is 1. The van der Waals surface area contributed by atoms with E-state index in [1.165, 1.54) is 5.56 Å². The quantitative estimate of drug-likeness (QED) is 0.255. The Morgan fingerprint density at radius 2 is 1.97 bits per heavy atom. The first-order chi connectivity index (χ1) is 15.4. The summed E-state index contributed by atoms with van der Waals surface area (Å²) in [5.74, 6) is 1.06. The number of aliphatic hydroxyl groups excluding tert-OH is 1. The van der Waals surface area contributed by atoms with Gasteiger partial charge in [0.2, 0.25) is 0 Å². The van der Waals surface area contributed by atoms with Crippen molar-refractivity contribution in [2.45, 2.75) is 71.8 Å². The van der Waals surface area contributed by atoms with Gasteiger partial charge in [-0.05, 0) is 51.3 Å². The van der Waals surface area contributed by atoms with Crippen LogP contribution in [0.1, 0.15) is 70.8 Å². The van der Waals surface area contributed by atoms with Crippen molar-refractivity contribution in [2.24, 2.45) is 4.99 Å². The number of nitrogens with zero attached hydrogens (tertiary/aromatic N) is 4. The maximum atomic E-state index is 9.29. The van der Waals surface area contributed by atoms with Gasteiger partial charge in [0.1, 0.15) is 5.82 Å². The molecule has 1 fully saturated rings. The number of aliphatic imine (C=N–C) groups is 1. The fourth-order valence-corrected chi connectivity index (χ4v) is 4.26. The monoisotopic (exact) mass is 450 g/mol. The van der Waals surface area contributed by atoms with Crippen molar-refractivity contribution in [1.29, 1.82) is 0 Å². The van der Waals surface area contributed by atoms with Crippen LogP contribution in [0.15, 0.2) is 60.6 Å². The van der Waals surface area contributed by atoms with Crippen molar-refractivity contribution < 1.29 is 5.11 Å². The molecule has 0 amide bonds. The molecule has 1 aliphatic rings. The van der Waals surface area contributed by atoms with Crippen molar-refractivity contribution in [3.05, 3.63) is 72.6 Å². The van der Waals surface area contributed by atoms with Crippen molar-refractivity contribution in [3.8, 4) is 0 Å². The van der Waals surface area contributed by atoms with Crippen LogP contribution in [0, 0.1) is 6.92 Å². The highest BCUT2D eigenvalue weighted by Gasteiger charge is 2.36. The van der Waals surface area contributed by atoms with Crippen LogP contribution in [0.2, 0.25) is 0 Å². The fraction of sp³-hybridized carbons (Fsp3) is 0.500. The molecule has 0 atom stereocenters. The summed E-state index contributed by atoms with van der Waals surface area (Å²) < 4.78 is 0. The highest BCUT2D eigenvalue weighted by Crippen LogP contribution is 2.33. The van der Waals surface area contributed by atoms with Crippen LogP contribution in [0.3, 0.4) is 0 Å². The van der Waals surface area contributed by atoms with Gasteiger partial charge >= 0.3 is 0 Å². The molecule has 1 aliphatic heterocycles. The molecule has 1 aromatic heterocycles. The van der Waals surface area contributed by atoms with Crippen molar-refractivity contribution in [1.82, 2.24) is 14.8 Å². The molecule has 1 N–H and O–H groups in total. The molecule has 33 heavy (non-hydrogen) atoms. The standard InChI is InChI=1S/C28H42N4O/c1-10-13-25(29-17-12-14-22(4)33)31-18-19-32(28(8,9)20-31)23(5)24-16-15-21(3)26(30-24)27(6,7)11-2/h10,13,15-17,33H,1,4-5,11-12,14,18-20H2,2-3,6-9H3/b25-13+,29-17?. The Kier molecular flexibility index (Phi) is 8.70. The summed E-state index contributed by atoms with van der Waals surface area (Å²) in [7, 11) is 0. The average Bonchev–Trinajstić information content (AvgIpc) is 2.74. The number of allylic oxidation sites excluding steroid dienone is 3. The second-order valence-electron chi connectivity index (χ2n) is 10.1. The molecule has 1 saturated heterocycles. The van der Waals surface area contributed by atoms with Gasteiger partial charge in [0.25, 0.3) is 0 Å². The molecule has 5 heteroatoms. The van der Waals surface area contributed by atoms with Crippen LogP contribution < -0.4 is 0 Å². The third kappa shape index (κ3) is 6.59. The lowest BCUT2D eigenvalue weighted by molar-refractivity contribution is 0.0846. The van der Waals surface area contributed by atoms with E-state index < -0.39 is 0 Å². The molecule has 2 heterocycles. The van der Waals surface area contributed by atoms with E-state index in [2.05, 4.69) is 88.2 Å². The van der Waals surface area contributed by atoms with Crippen molar-refractivity contribution >= 4 is 11.9 Å². The first-order valence-corrected chi connectivity index (χ1v) is 11.8. The molecule has 0 spiro atoms. The summed E-state index contributed by atoms with van der Waals surface area (Å²) >= 11 is 0. The van der Waals surface area contributed by atoms with Gasteiger partial charge in [0.15, 0.2) is 0 Å². The van der Waals surface area contributed by atoms with Crippen LogP contribution >= 0.6 is 0 Å². The van der Waals surface area contributed by atoms with Crippen LogP contribution in [0.25, 0.3) is 5.70 Å². The van der Waals surface area contributed by atoms with E-state index in [0.717, 1.165) is 49.0 Å². The van der Waals surface area contributed by atoms with Gasteiger partial charge in [0.05, 0.1) is 22.7 Å². The molecule has 2 rings (SSSR count). The first-order valence-electron chi connectivity index (χ1n) is 11.8. The molecular weight excluding hydrogens is 408 g/mol. The second kappa shape index (κ2) is 10.9. The second-order valence-corrected chi connectivity index (χ2v) is 10.1. The number of hydrogen-bond donors (Lipinski definition) is 1. The van der Waals surface area contributed by atoms with Gasteiger partial charge in [-0.2, -0.15) is 0 Å². The van der Waals surface area contributed by atoms with Gasteiger partial charge in [0, 0.05) is 43.4 Å². The zero-order chi connectivity index (χ0) is 24.8. The molecule has 0 aliphatic carbocycles. The van der Waals surface area contributed by atoms with Crippen LogP contribution in [-0.2, 0) is 5.41 Å². The van der Waals surface area contributed by atoms with E-state index in [1.54, 1.807) is 6.08 Å². The average molecular weight is 451 g/mol. The SMILES string of the molecule is C=C/C=C(\N=CCCC(=C)O)N1CCN(C(=C)c2ccc(C)c(C(C)(C)CC)n2)C(C)(C)C1. The molecule has 0 radical (unpaired) electrons. The normalized spacial score (nSPS) is 16.8. The maximum Gasteiger partial charge on any atom is 0.128 e. The Morgan fingerprint density at radius 3 is 2.55 bits per heavy atom. The van der Waals surface area contributed by atoms with Gasteiger partial charge in [-0.25, -0.2) is 4.99 Å². The van der Waals surface area contributed by atoms with Crippen LogP contribution in [-0.4, -0.2) is 51.3 Å². The lowest BCUT2D eigenvalue weighted by atomic mass is 9.83. The van der Waals surface area contributed by atoms with Crippen molar-refractivity contribution in [2.75, 3.05) is 19.6 Å². The molecule has 180 valence electrons. The zero-order valence-corrected chi connectivity index (χ0v) is 21.5. The summed E-state index contributed by atoms with van der Waals surface area (Å²) in [4.78, 5) is 14.4. The number of rotatable bonds is 10. The molecular formula is C28H42N4O. The third-order valence-corrected chi connectivity index (χ3v) is 6.52. The Balaban J connectivity index is 2.22. The lowest BCUT2D eigenvalue weighted by Crippen LogP contribution is -2.57. The van der Waals surface area contributed by atoms with E-state index >= 15 is 0 Å². The van der Waals surface area contributed by atoms with E-state index in [9.17, 15) is 5.11 Å². The highest BCUT2D eigenvalue weighted by molar-refractivity contribution is 5.61. The van der Waals surface area contributed by atoms with Gasteiger partial charge in [-0.15, -0.1) is 0 Å². The maximum absolute atomic E-state index is 9.29. The molecule has 0 bridgehead atoms. The van der Waals surface area contributed by atoms with E-state index in [4.69, 9.17) is 4.98 Å². The summed E-state index contributed by atoms with van der Waals surface area (Å²) in [6.07, 6.45) is 7.74. The minimum absolute atomic E-state index is 0.0271. The molecule has 0 saturated carbocycles. The van der Waals surface area contributed by atoms with Gasteiger partial charge < -0.3 is 14.9 Å². The van der Waals surface area contributed by atoms with Crippen molar-refractivity contribution in [3.63, 3.8) is 0 Å². The zero-order valence-electron chi connectivity index (χ0n) is 21.5. The predicted molar refractivity (Wildman–Crippen MR) is 141 cm³/mol. The number of pyridine rings is 1. The van der Waals surface area contributed by atoms with Crippen LogP contribution in [0.5, 0.6) is 0 Å². The molecule has 0 unspecified atom stereocenters. The topological polar surface area (TPSA) is 52.0 Å². The summed E-state index contributed by atoms with van der Waals surface area (Å²) in [5, 5.41) is 9.29. The Morgan fingerprint density at radius 1 is 1.27 bits per heavy atom. The lowest BCUT2D eigenvalue weighted by Gasteiger charge is -2.49. The first kappa shape index (κ1) is 26.4. The van der Waals surface area contributed by atoms with Gasteiger partial charge in [-0.1, -0.05) is 52.7 Å². The smallest absolute Gasteiger partial charge is 0.128 e. The Hall–Kier alpha value is -2.82. The third-order valence-electron chi connectivity index (χ3n) is 6.52. The highest BCUT2D eigenvalue weighted by atomic mass is 16.3. The molecule has 5 nitrogen and oxygen atoms in total. The number of aliphatic hydroxyl groups is 1. The largest absolute Gasteiger partial charge is 0.513 e. The Bertz CT molecular complexity index is 939. The minimum Gasteiger partial charge on any atom is -0.513 e. The number of aryl methyl sites for hydroxylation is 1. The Labute approximate surface area is 200 Å². The van der Waals surface area contributed by atoms with Gasteiger partial charge in [-0.3, -0.25) is 4.98 Å². The summed E-state index contributed by atoms with van der Waals surface area (Å²) in [6.45, 7) is 27.6. The predicted octanol–water partition coefficient (Wildman–Crippen LogP) is 6.39. The molecule has 0 aromatic carbocycles. The fourth-order valence-electron chi connectivity index (χ4n) is 4.26. The summed E-state index contributed by atoms with van der Waals surface area (Å²) in [6, 6.07) is 4.27. The number of aromatic nitrogens is 1.